The Hall–Kier alpha value is -0.220. The topological polar surface area (TPSA) is 32.3 Å². The monoisotopic (exact) mass is 259 g/mol. The molecule has 0 saturated heterocycles. The summed E-state index contributed by atoms with van der Waals surface area (Å²) in [7, 11) is 1.91. The highest BCUT2D eigenvalue weighted by Crippen LogP contribution is 2.30. The molecule has 0 aliphatic rings. The molecular formula is C12H18ClNOS. The van der Waals surface area contributed by atoms with Crippen LogP contribution in [-0.4, -0.2) is 23.5 Å². The van der Waals surface area contributed by atoms with Crippen molar-refractivity contribution in [3.05, 3.63) is 28.8 Å². The van der Waals surface area contributed by atoms with E-state index in [1.165, 1.54) is 10.5 Å². The summed E-state index contributed by atoms with van der Waals surface area (Å²) < 4.78 is 0. The summed E-state index contributed by atoms with van der Waals surface area (Å²) in [6.45, 7) is 4.62. The van der Waals surface area contributed by atoms with E-state index in [0.717, 1.165) is 11.6 Å². The smallest absolute Gasteiger partial charge is 0.0631 e. The molecule has 0 aliphatic heterocycles. The lowest BCUT2D eigenvalue weighted by Crippen LogP contribution is -2.15. The zero-order valence-electron chi connectivity index (χ0n) is 9.83. The van der Waals surface area contributed by atoms with E-state index < -0.39 is 0 Å². The Morgan fingerprint density at radius 2 is 2.12 bits per heavy atom. The molecular weight excluding hydrogens is 242 g/mol. The first kappa shape index (κ1) is 13.8. The number of rotatable bonds is 5. The van der Waals surface area contributed by atoms with Crippen LogP contribution in [0.3, 0.4) is 0 Å². The van der Waals surface area contributed by atoms with Gasteiger partial charge in [0.25, 0.3) is 0 Å². The van der Waals surface area contributed by atoms with Gasteiger partial charge in [0.15, 0.2) is 0 Å². The minimum Gasteiger partial charge on any atom is -0.392 e. The second-order valence-corrected chi connectivity index (χ2v) is 5.70. The zero-order chi connectivity index (χ0) is 12.1. The lowest BCUT2D eigenvalue weighted by molar-refractivity contribution is 0.196. The maximum Gasteiger partial charge on any atom is 0.0631 e. The Kier molecular flexibility index (Phi) is 5.62. The summed E-state index contributed by atoms with van der Waals surface area (Å²) in [5, 5.41) is 13.5. The van der Waals surface area contributed by atoms with Crippen LogP contribution in [0.1, 0.15) is 19.4 Å². The second-order valence-electron chi connectivity index (χ2n) is 3.85. The van der Waals surface area contributed by atoms with Crippen LogP contribution in [0.15, 0.2) is 23.1 Å². The molecule has 2 nitrogen and oxygen atoms in total. The van der Waals surface area contributed by atoms with Gasteiger partial charge in [-0.3, -0.25) is 0 Å². The van der Waals surface area contributed by atoms with Crippen LogP contribution in [-0.2, 0) is 6.54 Å². The fourth-order valence-electron chi connectivity index (χ4n) is 1.29. The third-order valence-electron chi connectivity index (χ3n) is 2.38. The van der Waals surface area contributed by atoms with E-state index in [2.05, 4.69) is 5.32 Å². The summed E-state index contributed by atoms with van der Waals surface area (Å²) in [6.07, 6.45) is -0.317. The molecule has 0 fully saturated rings. The molecule has 1 aromatic rings. The van der Waals surface area contributed by atoms with Crippen molar-refractivity contribution in [3.8, 4) is 0 Å². The minimum absolute atomic E-state index is 0.178. The predicted molar refractivity (Wildman–Crippen MR) is 71.2 cm³/mol. The number of thioether (sulfide) groups is 1. The van der Waals surface area contributed by atoms with Gasteiger partial charge < -0.3 is 10.4 Å². The molecule has 0 aliphatic carbocycles. The van der Waals surface area contributed by atoms with Crippen LogP contribution in [0.2, 0.25) is 5.02 Å². The highest BCUT2D eigenvalue weighted by Gasteiger charge is 2.12. The van der Waals surface area contributed by atoms with Crippen LogP contribution in [0.4, 0.5) is 0 Å². The van der Waals surface area contributed by atoms with Crippen molar-refractivity contribution in [2.75, 3.05) is 7.05 Å². The van der Waals surface area contributed by atoms with Gasteiger partial charge >= 0.3 is 0 Å². The van der Waals surface area contributed by atoms with Crippen molar-refractivity contribution in [3.63, 3.8) is 0 Å². The molecule has 16 heavy (non-hydrogen) atoms. The van der Waals surface area contributed by atoms with Crippen LogP contribution < -0.4 is 5.32 Å². The second kappa shape index (κ2) is 6.50. The fraction of sp³-hybridized carbons (Fsp3) is 0.500. The van der Waals surface area contributed by atoms with Gasteiger partial charge in [-0.1, -0.05) is 18.5 Å². The third kappa shape index (κ3) is 3.98. The first-order valence-corrected chi connectivity index (χ1v) is 6.58. The van der Waals surface area contributed by atoms with Crippen LogP contribution in [0, 0.1) is 0 Å². The maximum atomic E-state index is 9.50. The van der Waals surface area contributed by atoms with Crippen molar-refractivity contribution < 1.29 is 5.11 Å². The van der Waals surface area contributed by atoms with Crippen LogP contribution in [0.5, 0.6) is 0 Å². The standard InChI is InChI=1S/C12H18ClNOS/c1-8(15)9(2)16-12-5-4-11(13)6-10(12)7-14-3/h4-6,8-9,14-15H,7H2,1-3H3. The number of benzene rings is 1. The fourth-order valence-corrected chi connectivity index (χ4v) is 2.51. The molecule has 0 bridgehead atoms. The molecule has 1 rings (SSSR count). The molecule has 0 spiro atoms. The zero-order valence-corrected chi connectivity index (χ0v) is 11.4. The molecule has 0 amide bonds. The SMILES string of the molecule is CNCc1cc(Cl)ccc1SC(C)C(C)O. The van der Waals surface area contributed by atoms with Crippen LogP contribution in [0.25, 0.3) is 0 Å². The number of hydrogen-bond acceptors (Lipinski definition) is 3. The van der Waals surface area contributed by atoms with Gasteiger partial charge in [-0.2, -0.15) is 0 Å². The van der Waals surface area contributed by atoms with Crippen molar-refractivity contribution in [1.82, 2.24) is 5.32 Å². The molecule has 2 atom stereocenters. The first-order valence-electron chi connectivity index (χ1n) is 5.32. The van der Waals surface area contributed by atoms with E-state index in [4.69, 9.17) is 11.6 Å². The summed E-state index contributed by atoms with van der Waals surface area (Å²) >= 11 is 7.64. The van der Waals surface area contributed by atoms with Gasteiger partial charge in [-0.05, 0) is 37.7 Å². The van der Waals surface area contributed by atoms with Gasteiger partial charge in [0.1, 0.15) is 0 Å². The average molecular weight is 260 g/mol. The summed E-state index contributed by atoms with van der Waals surface area (Å²) in [5.41, 5.74) is 1.17. The lowest BCUT2D eigenvalue weighted by Gasteiger charge is -2.16. The van der Waals surface area contributed by atoms with Crippen molar-refractivity contribution in [2.45, 2.75) is 36.6 Å². The van der Waals surface area contributed by atoms with Crippen molar-refractivity contribution >= 4 is 23.4 Å². The largest absolute Gasteiger partial charge is 0.392 e. The van der Waals surface area contributed by atoms with Crippen molar-refractivity contribution in [2.24, 2.45) is 0 Å². The van der Waals surface area contributed by atoms with Crippen molar-refractivity contribution in [1.29, 1.82) is 0 Å². The quantitative estimate of drug-likeness (QED) is 0.798. The Morgan fingerprint density at radius 3 is 2.69 bits per heavy atom. The maximum absolute atomic E-state index is 9.50. The van der Waals surface area contributed by atoms with E-state index >= 15 is 0 Å². The van der Waals surface area contributed by atoms with Gasteiger partial charge in [-0.25, -0.2) is 0 Å². The van der Waals surface area contributed by atoms with Gasteiger partial charge in [-0.15, -0.1) is 11.8 Å². The van der Waals surface area contributed by atoms with E-state index in [9.17, 15) is 5.11 Å². The first-order chi connectivity index (χ1) is 7.54. The number of aliphatic hydroxyl groups excluding tert-OH is 1. The average Bonchev–Trinajstić information content (AvgIpc) is 2.22. The summed E-state index contributed by atoms with van der Waals surface area (Å²) in [6, 6.07) is 5.87. The predicted octanol–water partition coefficient (Wildman–Crippen LogP) is 2.92. The Labute approximate surface area is 106 Å². The van der Waals surface area contributed by atoms with E-state index in [1.807, 2.05) is 39.1 Å². The molecule has 0 heterocycles. The molecule has 1 aromatic carbocycles. The Bertz CT molecular complexity index is 344. The molecule has 0 radical (unpaired) electrons. The molecule has 90 valence electrons. The molecule has 0 saturated carbocycles. The number of halogens is 1. The third-order valence-corrected chi connectivity index (χ3v) is 4.03. The van der Waals surface area contributed by atoms with E-state index in [0.29, 0.717) is 0 Å². The summed E-state index contributed by atoms with van der Waals surface area (Å²) in [5.74, 6) is 0. The number of nitrogens with one attached hydrogen (secondary N) is 1. The minimum atomic E-state index is -0.317. The molecule has 4 heteroatoms. The highest BCUT2D eigenvalue weighted by atomic mass is 35.5. The molecule has 0 aromatic heterocycles. The lowest BCUT2D eigenvalue weighted by atomic mass is 10.2. The number of hydrogen-bond donors (Lipinski definition) is 2. The molecule has 2 unspecified atom stereocenters. The molecule has 2 N–H and O–H groups in total. The van der Waals surface area contributed by atoms with Gasteiger partial charge in [0, 0.05) is 21.7 Å². The number of aliphatic hydroxyl groups is 1. The normalized spacial score (nSPS) is 14.8. The Morgan fingerprint density at radius 1 is 1.44 bits per heavy atom. The van der Waals surface area contributed by atoms with Crippen LogP contribution >= 0.6 is 23.4 Å². The highest BCUT2D eigenvalue weighted by molar-refractivity contribution is 8.00. The Balaban J connectivity index is 2.85. The summed E-state index contributed by atoms with van der Waals surface area (Å²) in [4.78, 5) is 1.17. The van der Waals surface area contributed by atoms with Gasteiger partial charge in [0.2, 0.25) is 0 Å². The van der Waals surface area contributed by atoms with E-state index in [-0.39, 0.29) is 11.4 Å². The van der Waals surface area contributed by atoms with Gasteiger partial charge in [0.05, 0.1) is 6.10 Å². The van der Waals surface area contributed by atoms with E-state index in [1.54, 1.807) is 11.8 Å².